The van der Waals surface area contributed by atoms with Gasteiger partial charge in [0.15, 0.2) is 11.5 Å². The molecule has 0 aliphatic heterocycles. The van der Waals surface area contributed by atoms with E-state index < -0.39 is 11.7 Å². The summed E-state index contributed by atoms with van der Waals surface area (Å²) >= 11 is 3.46. The first-order valence-corrected chi connectivity index (χ1v) is 10.3. The minimum absolute atomic E-state index is 0.128. The summed E-state index contributed by atoms with van der Waals surface area (Å²) in [4.78, 5) is 12.2. The van der Waals surface area contributed by atoms with Crippen LogP contribution >= 0.6 is 15.9 Å². The number of hydrazone groups is 1. The van der Waals surface area contributed by atoms with Crippen molar-refractivity contribution in [3.63, 3.8) is 0 Å². The SMILES string of the molecule is COc1cc(/C=N\NC(=O)c2ccc(C#N)cc2F)c(Br)cc1OCc1cccc(C)c1. The molecule has 3 aromatic carbocycles. The molecule has 0 atom stereocenters. The van der Waals surface area contributed by atoms with Crippen LogP contribution in [0.15, 0.2) is 64.2 Å². The smallest absolute Gasteiger partial charge is 0.274 e. The highest BCUT2D eigenvalue weighted by Crippen LogP contribution is 2.33. The second kappa shape index (κ2) is 10.6. The number of aryl methyl sites for hydroxylation is 1. The number of nitriles is 1. The predicted octanol–water partition coefficient (Wildman–Crippen LogP) is 5.12. The molecule has 0 saturated carbocycles. The van der Waals surface area contributed by atoms with Crippen LogP contribution in [0.25, 0.3) is 0 Å². The van der Waals surface area contributed by atoms with Crippen LogP contribution in [0.1, 0.15) is 32.6 Å². The fraction of sp³-hybridized carbons (Fsp3) is 0.125. The molecule has 162 valence electrons. The molecule has 0 aromatic heterocycles. The van der Waals surface area contributed by atoms with Gasteiger partial charge in [0.1, 0.15) is 12.4 Å². The Kier molecular flexibility index (Phi) is 7.58. The molecular formula is C24H19BrFN3O3. The number of hydrogen-bond donors (Lipinski definition) is 1. The summed E-state index contributed by atoms with van der Waals surface area (Å²) < 4.78 is 25.9. The summed E-state index contributed by atoms with van der Waals surface area (Å²) in [6, 6.07) is 16.9. The first-order chi connectivity index (χ1) is 15.4. The number of nitrogens with one attached hydrogen (secondary N) is 1. The third-order valence-electron chi connectivity index (χ3n) is 4.47. The van der Waals surface area contributed by atoms with Crippen molar-refractivity contribution in [3.05, 3.63) is 92.7 Å². The van der Waals surface area contributed by atoms with E-state index in [1.165, 1.54) is 25.5 Å². The average molecular weight is 496 g/mol. The molecule has 0 heterocycles. The molecule has 8 heteroatoms. The maximum atomic E-state index is 14.0. The molecule has 0 fully saturated rings. The van der Waals surface area contributed by atoms with Crippen LogP contribution < -0.4 is 14.9 Å². The van der Waals surface area contributed by atoms with Gasteiger partial charge in [-0.2, -0.15) is 10.4 Å². The van der Waals surface area contributed by atoms with Crippen LogP contribution in [0.5, 0.6) is 11.5 Å². The van der Waals surface area contributed by atoms with Gasteiger partial charge in [0, 0.05) is 10.0 Å². The Bertz CT molecular complexity index is 1220. The number of carbonyl (C=O) groups excluding carboxylic acids is 1. The number of ether oxygens (including phenoxy) is 2. The lowest BCUT2D eigenvalue weighted by Gasteiger charge is -2.13. The third-order valence-corrected chi connectivity index (χ3v) is 5.16. The van der Waals surface area contributed by atoms with Gasteiger partial charge in [-0.05, 0) is 58.7 Å². The normalized spacial score (nSPS) is 10.6. The van der Waals surface area contributed by atoms with Crippen molar-refractivity contribution in [1.82, 2.24) is 5.43 Å². The van der Waals surface area contributed by atoms with Gasteiger partial charge >= 0.3 is 0 Å². The lowest BCUT2D eigenvalue weighted by Crippen LogP contribution is -2.19. The van der Waals surface area contributed by atoms with Gasteiger partial charge in [0.2, 0.25) is 0 Å². The van der Waals surface area contributed by atoms with E-state index in [-0.39, 0.29) is 11.1 Å². The van der Waals surface area contributed by atoms with Crippen molar-refractivity contribution in [2.24, 2.45) is 5.10 Å². The van der Waals surface area contributed by atoms with Crippen molar-refractivity contribution < 1.29 is 18.7 Å². The quantitative estimate of drug-likeness (QED) is 0.364. The molecule has 0 unspecified atom stereocenters. The fourth-order valence-corrected chi connectivity index (χ4v) is 3.30. The van der Waals surface area contributed by atoms with Crippen LogP contribution in [-0.2, 0) is 6.61 Å². The molecular weight excluding hydrogens is 477 g/mol. The predicted molar refractivity (Wildman–Crippen MR) is 122 cm³/mol. The summed E-state index contributed by atoms with van der Waals surface area (Å²) in [6.45, 7) is 2.40. The Morgan fingerprint density at radius 3 is 2.72 bits per heavy atom. The zero-order valence-corrected chi connectivity index (χ0v) is 18.9. The lowest BCUT2D eigenvalue weighted by molar-refractivity contribution is 0.0951. The van der Waals surface area contributed by atoms with Gasteiger partial charge < -0.3 is 9.47 Å². The number of amides is 1. The number of hydrogen-bond acceptors (Lipinski definition) is 5. The molecule has 0 radical (unpaired) electrons. The summed E-state index contributed by atoms with van der Waals surface area (Å²) in [5, 5.41) is 12.7. The molecule has 1 N–H and O–H groups in total. The van der Waals surface area contributed by atoms with E-state index in [2.05, 4.69) is 26.5 Å². The molecule has 0 spiro atoms. The maximum Gasteiger partial charge on any atom is 0.274 e. The summed E-state index contributed by atoms with van der Waals surface area (Å²) in [7, 11) is 1.53. The Hall–Kier alpha value is -3.70. The van der Waals surface area contributed by atoms with Gasteiger partial charge in [-0.25, -0.2) is 9.82 Å². The number of nitrogens with zero attached hydrogens (tertiary/aromatic N) is 2. The lowest BCUT2D eigenvalue weighted by atomic mass is 10.1. The Balaban J connectivity index is 1.70. The minimum Gasteiger partial charge on any atom is -0.493 e. The van der Waals surface area contributed by atoms with Crippen molar-refractivity contribution >= 4 is 28.1 Å². The number of halogens is 2. The monoisotopic (exact) mass is 495 g/mol. The third kappa shape index (κ3) is 5.71. The maximum absolute atomic E-state index is 14.0. The Morgan fingerprint density at radius 2 is 2.03 bits per heavy atom. The molecule has 0 saturated heterocycles. The topological polar surface area (TPSA) is 83.7 Å². The van der Waals surface area contributed by atoms with Crippen molar-refractivity contribution in [2.75, 3.05) is 7.11 Å². The van der Waals surface area contributed by atoms with E-state index in [4.69, 9.17) is 14.7 Å². The summed E-state index contributed by atoms with van der Waals surface area (Å²) in [5.41, 5.74) is 4.99. The number of benzene rings is 3. The van der Waals surface area contributed by atoms with E-state index in [0.717, 1.165) is 17.2 Å². The number of carbonyl (C=O) groups is 1. The number of methoxy groups -OCH3 is 1. The minimum atomic E-state index is -0.797. The van der Waals surface area contributed by atoms with Gasteiger partial charge in [-0.1, -0.05) is 29.8 Å². The molecule has 3 aromatic rings. The first-order valence-electron chi connectivity index (χ1n) is 9.50. The Labute approximate surface area is 193 Å². The largest absolute Gasteiger partial charge is 0.493 e. The number of rotatable bonds is 7. The summed E-state index contributed by atoms with van der Waals surface area (Å²) in [6.07, 6.45) is 1.40. The molecule has 0 aliphatic rings. The van der Waals surface area contributed by atoms with Gasteiger partial charge in [0.25, 0.3) is 5.91 Å². The highest BCUT2D eigenvalue weighted by molar-refractivity contribution is 9.10. The average Bonchev–Trinajstić information content (AvgIpc) is 2.78. The molecule has 1 amide bonds. The zero-order valence-electron chi connectivity index (χ0n) is 17.4. The van der Waals surface area contributed by atoms with Crippen LogP contribution in [0, 0.1) is 24.1 Å². The molecule has 3 rings (SSSR count). The van der Waals surface area contributed by atoms with E-state index >= 15 is 0 Å². The van der Waals surface area contributed by atoms with Crippen molar-refractivity contribution in [1.29, 1.82) is 5.26 Å². The van der Waals surface area contributed by atoms with E-state index in [0.29, 0.717) is 28.1 Å². The van der Waals surface area contributed by atoms with Crippen LogP contribution in [-0.4, -0.2) is 19.2 Å². The second-order valence-electron chi connectivity index (χ2n) is 6.81. The summed E-state index contributed by atoms with van der Waals surface area (Å²) in [5.74, 6) is -0.493. The molecule has 0 bridgehead atoms. The molecule has 6 nitrogen and oxygen atoms in total. The van der Waals surface area contributed by atoms with Crippen LogP contribution in [0.3, 0.4) is 0 Å². The highest BCUT2D eigenvalue weighted by atomic mass is 79.9. The Morgan fingerprint density at radius 1 is 1.22 bits per heavy atom. The molecule has 0 aliphatic carbocycles. The molecule has 32 heavy (non-hydrogen) atoms. The van der Waals surface area contributed by atoms with E-state index in [9.17, 15) is 9.18 Å². The van der Waals surface area contributed by atoms with Crippen molar-refractivity contribution in [2.45, 2.75) is 13.5 Å². The van der Waals surface area contributed by atoms with E-state index in [1.54, 1.807) is 12.1 Å². The fourth-order valence-electron chi connectivity index (χ4n) is 2.87. The van der Waals surface area contributed by atoms with Crippen LogP contribution in [0.4, 0.5) is 4.39 Å². The van der Waals surface area contributed by atoms with E-state index in [1.807, 2.05) is 37.3 Å². The first kappa shape index (κ1) is 23.0. The van der Waals surface area contributed by atoms with Crippen molar-refractivity contribution in [3.8, 4) is 17.6 Å². The van der Waals surface area contributed by atoms with Gasteiger partial charge in [0.05, 0.1) is 30.5 Å². The second-order valence-corrected chi connectivity index (χ2v) is 7.66. The standard InChI is InChI=1S/C24H19BrFN3O3/c1-15-4-3-5-17(8-15)14-32-23-11-20(25)18(10-22(23)31-2)13-28-29-24(30)19-7-6-16(12-27)9-21(19)26/h3-11,13H,14H2,1-2H3,(H,29,30)/b28-13-. The zero-order chi connectivity index (χ0) is 23.1. The van der Waals surface area contributed by atoms with Crippen LogP contribution in [0.2, 0.25) is 0 Å². The van der Waals surface area contributed by atoms with Gasteiger partial charge in [-0.3, -0.25) is 4.79 Å². The van der Waals surface area contributed by atoms with Gasteiger partial charge in [-0.15, -0.1) is 0 Å². The highest BCUT2D eigenvalue weighted by Gasteiger charge is 2.13.